The maximum Gasteiger partial charge on any atom is 0.339 e. The van der Waals surface area contributed by atoms with Crippen LogP contribution < -0.4 is 0 Å². The highest BCUT2D eigenvalue weighted by Gasteiger charge is 2.50. The van der Waals surface area contributed by atoms with Crippen LogP contribution in [0.5, 0.6) is 0 Å². The lowest BCUT2D eigenvalue weighted by molar-refractivity contribution is -0.229. The van der Waals surface area contributed by atoms with Gasteiger partial charge in [0.2, 0.25) is 0 Å². The average Bonchev–Trinajstić information content (AvgIpc) is 2.46. The van der Waals surface area contributed by atoms with Crippen molar-refractivity contribution in [2.45, 2.75) is 45.2 Å². The van der Waals surface area contributed by atoms with E-state index in [4.69, 9.17) is 23.7 Å². The van der Waals surface area contributed by atoms with E-state index in [2.05, 4.69) is 6.58 Å². The third-order valence-corrected chi connectivity index (χ3v) is 2.93. The molecule has 1 rings (SSSR count). The molecule has 9 heteroatoms. The monoisotopic (exact) mass is 344 g/mol. The van der Waals surface area contributed by atoms with E-state index in [1.165, 1.54) is 6.08 Å². The largest absolute Gasteiger partial charge is 0.459 e. The molecule has 0 bridgehead atoms. The lowest BCUT2D eigenvalue weighted by Crippen LogP contribution is -2.59. The van der Waals surface area contributed by atoms with Crippen LogP contribution in [-0.2, 0) is 42.9 Å². The van der Waals surface area contributed by atoms with Crippen molar-refractivity contribution in [2.24, 2.45) is 0 Å². The molecule has 4 atom stereocenters. The molecule has 24 heavy (non-hydrogen) atoms. The Hall–Kier alpha value is -2.42. The minimum absolute atomic E-state index is 0.0723. The second-order valence-electron chi connectivity index (χ2n) is 4.97. The van der Waals surface area contributed by atoms with Gasteiger partial charge in [0.25, 0.3) is 0 Å². The van der Waals surface area contributed by atoms with Gasteiger partial charge >= 0.3 is 23.9 Å². The Balaban J connectivity index is 3.07. The molecule has 0 aromatic carbocycles. The topological polar surface area (TPSA) is 114 Å². The summed E-state index contributed by atoms with van der Waals surface area (Å²) in [5.74, 6) is -2.89. The Morgan fingerprint density at radius 1 is 1.00 bits per heavy atom. The molecule has 9 nitrogen and oxygen atoms in total. The fraction of sp³-hybridized carbons (Fsp3) is 0.600. The molecular formula is C15H20O9. The maximum atomic E-state index is 12.1. The van der Waals surface area contributed by atoms with Crippen LogP contribution in [0.4, 0.5) is 0 Å². The summed E-state index contributed by atoms with van der Waals surface area (Å²) in [6.07, 6.45) is -3.52. The van der Waals surface area contributed by atoms with Gasteiger partial charge in [-0.3, -0.25) is 14.4 Å². The molecule has 0 aliphatic carbocycles. The first-order valence-electron chi connectivity index (χ1n) is 7.17. The van der Waals surface area contributed by atoms with E-state index in [0.29, 0.717) is 0 Å². The normalized spacial score (nSPS) is 26.0. The average molecular weight is 344 g/mol. The summed E-state index contributed by atoms with van der Waals surface area (Å²) in [5.41, 5.74) is 0. The fourth-order valence-electron chi connectivity index (χ4n) is 2.17. The molecule has 134 valence electrons. The van der Waals surface area contributed by atoms with Crippen LogP contribution in [0.2, 0.25) is 0 Å². The molecule has 0 N–H and O–H groups in total. The van der Waals surface area contributed by atoms with Crippen molar-refractivity contribution in [3.8, 4) is 0 Å². The molecule has 1 fully saturated rings. The van der Waals surface area contributed by atoms with Gasteiger partial charge in [0.1, 0.15) is 6.61 Å². The molecule has 1 aliphatic rings. The van der Waals surface area contributed by atoms with Gasteiger partial charge in [0, 0.05) is 20.8 Å². The van der Waals surface area contributed by atoms with Crippen LogP contribution in [0.15, 0.2) is 12.7 Å². The maximum absolute atomic E-state index is 12.1. The van der Waals surface area contributed by atoms with E-state index in [1.54, 1.807) is 0 Å². The van der Waals surface area contributed by atoms with E-state index >= 15 is 0 Å². The number of carbonyl (C=O) groups excluding carboxylic acids is 4. The van der Waals surface area contributed by atoms with Crippen LogP contribution >= 0.6 is 0 Å². The number of rotatable bonds is 6. The first-order valence-corrected chi connectivity index (χ1v) is 7.17. The van der Waals surface area contributed by atoms with Crippen LogP contribution in [0, 0.1) is 0 Å². The summed E-state index contributed by atoms with van der Waals surface area (Å²) >= 11 is 0. The number of hydrogen-bond donors (Lipinski definition) is 0. The molecule has 0 saturated carbocycles. The number of hydrogen-bond acceptors (Lipinski definition) is 9. The standard InChI is InChI=1S/C15H20O9/c1-5-6-20-15(19)14-13(24-10(4)18)12(23-9(3)17)11(7-21-14)22-8(2)16/h5,11-14H,1,6-7H2,2-4H3/t11-,12+,13-,14-/m0/s1. The first-order chi connectivity index (χ1) is 11.3. The van der Waals surface area contributed by atoms with E-state index in [-0.39, 0.29) is 13.2 Å². The Kier molecular flexibility index (Phi) is 7.37. The van der Waals surface area contributed by atoms with Crippen molar-refractivity contribution in [3.63, 3.8) is 0 Å². The second-order valence-corrected chi connectivity index (χ2v) is 4.97. The molecular weight excluding hydrogens is 324 g/mol. The van der Waals surface area contributed by atoms with Gasteiger partial charge in [0.05, 0.1) is 6.61 Å². The number of carbonyl (C=O) groups is 4. The highest BCUT2D eigenvalue weighted by atomic mass is 16.7. The van der Waals surface area contributed by atoms with Crippen molar-refractivity contribution >= 4 is 23.9 Å². The first kappa shape index (κ1) is 19.6. The van der Waals surface area contributed by atoms with E-state index in [0.717, 1.165) is 20.8 Å². The van der Waals surface area contributed by atoms with Crippen LogP contribution in [-0.4, -0.2) is 61.5 Å². The van der Waals surface area contributed by atoms with Gasteiger partial charge in [-0.1, -0.05) is 12.7 Å². The van der Waals surface area contributed by atoms with Gasteiger partial charge in [0.15, 0.2) is 24.4 Å². The zero-order valence-electron chi connectivity index (χ0n) is 13.7. The Bertz CT molecular complexity index is 513. The van der Waals surface area contributed by atoms with E-state index in [9.17, 15) is 19.2 Å². The Labute approximate surface area is 138 Å². The zero-order chi connectivity index (χ0) is 18.3. The van der Waals surface area contributed by atoms with Gasteiger partial charge in [-0.05, 0) is 0 Å². The lowest BCUT2D eigenvalue weighted by Gasteiger charge is -2.39. The third kappa shape index (κ3) is 5.65. The smallest absolute Gasteiger partial charge is 0.339 e. The van der Waals surface area contributed by atoms with Crippen LogP contribution in [0.1, 0.15) is 20.8 Å². The highest BCUT2D eigenvalue weighted by molar-refractivity contribution is 5.77. The quantitative estimate of drug-likeness (QED) is 0.370. The molecule has 0 aromatic rings. The number of esters is 4. The van der Waals surface area contributed by atoms with Crippen molar-refractivity contribution in [1.29, 1.82) is 0 Å². The van der Waals surface area contributed by atoms with Crippen LogP contribution in [0.3, 0.4) is 0 Å². The van der Waals surface area contributed by atoms with E-state index < -0.39 is 48.3 Å². The summed E-state index contributed by atoms with van der Waals surface area (Å²) in [6.45, 7) is 6.52. The predicted octanol–water partition coefficient (Wildman–Crippen LogP) is -0.0905. The molecule has 0 radical (unpaired) electrons. The lowest BCUT2D eigenvalue weighted by atomic mass is 9.99. The third-order valence-electron chi connectivity index (χ3n) is 2.93. The van der Waals surface area contributed by atoms with E-state index in [1.807, 2.05) is 0 Å². The summed E-state index contributed by atoms with van der Waals surface area (Å²) in [6, 6.07) is 0. The second kappa shape index (κ2) is 9.02. The molecule has 0 unspecified atom stereocenters. The summed E-state index contributed by atoms with van der Waals surface area (Å²) in [7, 11) is 0. The Morgan fingerprint density at radius 2 is 1.54 bits per heavy atom. The summed E-state index contributed by atoms with van der Waals surface area (Å²) in [5, 5.41) is 0. The molecule has 0 amide bonds. The molecule has 0 spiro atoms. The van der Waals surface area contributed by atoms with Crippen molar-refractivity contribution in [3.05, 3.63) is 12.7 Å². The van der Waals surface area contributed by atoms with Crippen molar-refractivity contribution in [1.82, 2.24) is 0 Å². The molecule has 1 heterocycles. The summed E-state index contributed by atoms with van der Waals surface area (Å²) in [4.78, 5) is 46.0. The SMILES string of the molecule is C=CCOC(=O)[C@H]1OC[C@H](OC(C)=O)[C@@H](OC(C)=O)[C@@H]1OC(C)=O. The van der Waals surface area contributed by atoms with Crippen LogP contribution in [0.25, 0.3) is 0 Å². The molecule has 0 aromatic heterocycles. The van der Waals surface area contributed by atoms with Gasteiger partial charge in [-0.25, -0.2) is 4.79 Å². The van der Waals surface area contributed by atoms with Gasteiger partial charge < -0.3 is 23.7 Å². The summed E-state index contributed by atoms with van der Waals surface area (Å²) < 4.78 is 25.4. The van der Waals surface area contributed by atoms with Crippen molar-refractivity contribution in [2.75, 3.05) is 13.2 Å². The fourth-order valence-corrected chi connectivity index (χ4v) is 2.17. The van der Waals surface area contributed by atoms with Crippen molar-refractivity contribution < 1.29 is 42.9 Å². The Morgan fingerprint density at radius 3 is 2.04 bits per heavy atom. The predicted molar refractivity (Wildman–Crippen MR) is 77.6 cm³/mol. The number of ether oxygens (including phenoxy) is 5. The minimum atomic E-state index is -1.33. The van der Waals surface area contributed by atoms with Gasteiger partial charge in [-0.2, -0.15) is 0 Å². The minimum Gasteiger partial charge on any atom is -0.459 e. The molecule has 1 saturated heterocycles. The highest BCUT2D eigenvalue weighted by Crippen LogP contribution is 2.25. The zero-order valence-corrected chi connectivity index (χ0v) is 13.7. The molecule has 1 aliphatic heterocycles. The van der Waals surface area contributed by atoms with Gasteiger partial charge in [-0.15, -0.1) is 0 Å².